The van der Waals surface area contributed by atoms with E-state index in [1.807, 2.05) is 24.4 Å². The fourth-order valence-corrected chi connectivity index (χ4v) is 3.94. The number of hydrogen-bond acceptors (Lipinski definition) is 4. The predicted molar refractivity (Wildman–Crippen MR) is 94.4 cm³/mol. The minimum atomic E-state index is 0.108. The molecule has 3 nitrogen and oxygen atoms in total. The summed E-state index contributed by atoms with van der Waals surface area (Å²) in [6.07, 6.45) is 0.799. The zero-order chi connectivity index (χ0) is 15.4. The van der Waals surface area contributed by atoms with Gasteiger partial charge < -0.3 is 15.2 Å². The quantitative estimate of drug-likeness (QED) is 0.713. The molecule has 0 amide bonds. The molecule has 21 heavy (non-hydrogen) atoms. The smallest absolute Gasteiger partial charge is 0.175 e. The fourth-order valence-electron chi connectivity index (χ4n) is 1.98. The summed E-state index contributed by atoms with van der Waals surface area (Å²) in [7, 11) is 1.64. The monoisotopic (exact) mass is 433 g/mol. The van der Waals surface area contributed by atoms with Crippen LogP contribution in [0, 0.1) is 0 Å². The maximum absolute atomic E-state index is 5.90. The molecule has 114 valence electrons. The number of benzene rings is 1. The van der Waals surface area contributed by atoms with Crippen molar-refractivity contribution in [2.45, 2.75) is 26.0 Å². The number of rotatable bonds is 6. The van der Waals surface area contributed by atoms with E-state index >= 15 is 0 Å². The summed E-state index contributed by atoms with van der Waals surface area (Å²) in [6.45, 7) is 2.50. The Kier molecular flexibility index (Phi) is 6.10. The molecular formula is C15H17Br2NO2S. The van der Waals surface area contributed by atoms with Gasteiger partial charge >= 0.3 is 0 Å². The van der Waals surface area contributed by atoms with Crippen LogP contribution in [0.25, 0.3) is 0 Å². The molecule has 2 N–H and O–H groups in total. The number of ether oxygens (including phenoxy) is 2. The van der Waals surface area contributed by atoms with Crippen molar-refractivity contribution < 1.29 is 9.47 Å². The van der Waals surface area contributed by atoms with E-state index in [1.165, 1.54) is 0 Å². The highest BCUT2D eigenvalue weighted by molar-refractivity contribution is 9.10. The minimum absolute atomic E-state index is 0.108. The Labute approximate surface area is 145 Å². The SMILES string of the molecule is COc1cc(CC(C)N)cc(Br)c1OCc1cc(Br)cs1. The molecule has 1 unspecified atom stereocenters. The van der Waals surface area contributed by atoms with Crippen LogP contribution in [0.4, 0.5) is 0 Å². The van der Waals surface area contributed by atoms with Crippen molar-refractivity contribution in [3.05, 3.63) is 43.0 Å². The molecule has 0 aliphatic carbocycles. The van der Waals surface area contributed by atoms with Gasteiger partial charge in [0.15, 0.2) is 11.5 Å². The van der Waals surface area contributed by atoms with E-state index in [-0.39, 0.29) is 6.04 Å². The van der Waals surface area contributed by atoms with Gasteiger partial charge in [-0.25, -0.2) is 0 Å². The van der Waals surface area contributed by atoms with Gasteiger partial charge in [0.05, 0.1) is 11.6 Å². The van der Waals surface area contributed by atoms with Crippen molar-refractivity contribution >= 4 is 43.2 Å². The maximum atomic E-state index is 5.90. The molecule has 1 aromatic carbocycles. The summed E-state index contributed by atoms with van der Waals surface area (Å²) in [5.74, 6) is 1.44. The molecule has 6 heteroatoms. The molecule has 2 rings (SSSR count). The predicted octanol–water partition coefficient (Wildman–Crippen LogP) is 4.75. The van der Waals surface area contributed by atoms with E-state index < -0.39 is 0 Å². The van der Waals surface area contributed by atoms with Crippen molar-refractivity contribution in [2.75, 3.05) is 7.11 Å². The molecule has 0 aliphatic rings. The molecule has 0 saturated heterocycles. The second-order valence-corrected chi connectivity index (χ2v) is 7.58. The van der Waals surface area contributed by atoms with Gasteiger partial charge in [-0.3, -0.25) is 0 Å². The molecular weight excluding hydrogens is 418 g/mol. The van der Waals surface area contributed by atoms with E-state index in [1.54, 1.807) is 18.4 Å². The highest BCUT2D eigenvalue weighted by Gasteiger charge is 2.13. The Morgan fingerprint density at radius 3 is 2.62 bits per heavy atom. The van der Waals surface area contributed by atoms with Gasteiger partial charge in [-0.1, -0.05) is 0 Å². The summed E-state index contributed by atoms with van der Waals surface area (Å²) in [6, 6.07) is 6.17. The van der Waals surface area contributed by atoms with Crippen LogP contribution in [0.3, 0.4) is 0 Å². The minimum Gasteiger partial charge on any atom is -0.493 e. The first-order valence-electron chi connectivity index (χ1n) is 6.47. The lowest BCUT2D eigenvalue weighted by Crippen LogP contribution is -2.17. The van der Waals surface area contributed by atoms with Crippen LogP contribution in [0.5, 0.6) is 11.5 Å². The normalized spacial score (nSPS) is 12.2. The van der Waals surface area contributed by atoms with Gasteiger partial charge in [0.25, 0.3) is 0 Å². The molecule has 0 saturated carbocycles. The molecule has 0 radical (unpaired) electrons. The number of thiophene rings is 1. The number of methoxy groups -OCH3 is 1. The van der Waals surface area contributed by atoms with Crippen molar-refractivity contribution in [1.82, 2.24) is 0 Å². The van der Waals surface area contributed by atoms with Crippen LogP contribution in [-0.2, 0) is 13.0 Å². The number of halogens is 2. The fraction of sp³-hybridized carbons (Fsp3) is 0.333. The van der Waals surface area contributed by atoms with Gasteiger partial charge in [0, 0.05) is 20.8 Å². The number of hydrogen-bond donors (Lipinski definition) is 1. The zero-order valence-corrected chi connectivity index (χ0v) is 15.8. The van der Waals surface area contributed by atoms with E-state index in [0.29, 0.717) is 6.61 Å². The highest BCUT2D eigenvalue weighted by atomic mass is 79.9. The Bertz CT molecular complexity index is 614. The Morgan fingerprint density at radius 1 is 1.29 bits per heavy atom. The maximum Gasteiger partial charge on any atom is 0.175 e. The van der Waals surface area contributed by atoms with Gasteiger partial charge in [-0.05, 0) is 69.0 Å². The first-order valence-corrected chi connectivity index (χ1v) is 8.94. The molecule has 0 fully saturated rings. The van der Waals surface area contributed by atoms with Gasteiger partial charge in [-0.2, -0.15) is 0 Å². The van der Waals surface area contributed by atoms with Crippen molar-refractivity contribution in [3.8, 4) is 11.5 Å². The van der Waals surface area contributed by atoms with Crippen LogP contribution in [-0.4, -0.2) is 13.2 Å². The summed E-state index contributed by atoms with van der Waals surface area (Å²) in [4.78, 5) is 1.15. The highest BCUT2D eigenvalue weighted by Crippen LogP contribution is 2.37. The Balaban J connectivity index is 2.18. The second kappa shape index (κ2) is 7.63. The second-order valence-electron chi connectivity index (χ2n) is 4.81. The summed E-state index contributed by atoms with van der Waals surface area (Å²) < 4.78 is 13.3. The third-order valence-corrected chi connectivity index (χ3v) is 5.09. The van der Waals surface area contributed by atoms with E-state index in [4.69, 9.17) is 15.2 Å². The lowest BCUT2D eigenvalue weighted by atomic mass is 10.1. The van der Waals surface area contributed by atoms with Crippen molar-refractivity contribution in [3.63, 3.8) is 0 Å². The van der Waals surface area contributed by atoms with Crippen molar-refractivity contribution in [1.29, 1.82) is 0 Å². The lowest BCUT2D eigenvalue weighted by molar-refractivity contribution is 0.285. The van der Waals surface area contributed by atoms with Crippen molar-refractivity contribution in [2.24, 2.45) is 5.73 Å². The first-order chi connectivity index (χ1) is 9.99. The first kappa shape index (κ1) is 16.8. The van der Waals surface area contributed by atoms with Gasteiger partial charge in [0.1, 0.15) is 6.61 Å². The largest absolute Gasteiger partial charge is 0.493 e. The molecule has 1 heterocycles. The zero-order valence-electron chi connectivity index (χ0n) is 11.9. The van der Waals surface area contributed by atoms with Crippen LogP contribution in [0.2, 0.25) is 0 Å². The van der Waals surface area contributed by atoms with Gasteiger partial charge in [0.2, 0.25) is 0 Å². The molecule has 0 bridgehead atoms. The van der Waals surface area contributed by atoms with Crippen LogP contribution < -0.4 is 15.2 Å². The average molecular weight is 435 g/mol. The molecule has 1 atom stereocenters. The topological polar surface area (TPSA) is 44.5 Å². The van der Waals surface area contributed by atoms with E-state index in [2.05, 4.69) is 37.9 Å². The molecule has 1 aromatic heterocycles. The lowest BCUT2D eigenvalue weighted by Gasteiger charge is -2.15. The van der Waals surface area contributed by atoms with Crippen LogP contribution >= 0.6 is 43.2 Å². The van der Waals surface area contributed by atoms with Gasteiger partial charge in [-0.15, -0.1) is 11.3 Å². The third kappa shape index (κ3) is 4.71. The van der Waals surface area contributed by atoms with E-state index in [0.717, 1.165) is 37.3 Å². The summed E-state index contributed by atoms with van der Waals surface area (Å²) in [5.41, 5.74) is 6.98. The average Bonchev–Trinajstić information content (AvgIpc) is 2.82. The van der Waals surface area contributed by atoms with Crippen LogP contribution in [0.15, 0.2) is 32.5 Å². The molecule has 0 spiro atoms. The third-order valence-electron chi connectivity index (χ3n) is 2.83. The summed E-state index contributed by atoms with van der Waals surface area (Å²) in [5, 5.41) is 2.04. The molecule has 0 aliphatic heterocycles. The Morgan fingerprint density at radius 2 is 2.05 bits per heavy atom. The molecule has 2 aromatic rings. The standard InChI is InChI=1S/C15H17Br2NO2S/c1-9(18)3-10-4-13(17)15(14(5-10)19-2)20-7-12-6-11(16)8-21-12/h4-6,8-9H,3,7,18H2,1-2H3. The summed E-state index contributed by atoms with van der Waals surface area (Å²) >= 11 is 8.65. The number of nitrogens with two attached hydrogens (primary N) is 1. The Hall–Kier alpha value is -0.560. The van der Waals surface area contributed by atoms with Crippen LogP contribution in [0.1, 0.15) is 17.4 Å². The van der Waals surface area contributed by atoms with E-state index in [9.17, 15) is 0 Å².